The number of nitrogens with one attached hydrogen (secondary N) is 1. The van der Waals surface area contributed by atoms with Crippen molar-refractivity contribution in [2.75, 3.05) is 44.9 Å². The molecule has 0 atom stereocenters. The lowest BCUT2D eigenvalue weighted by Gasteiger charge is -2.34. The summed E-state index contributed by atoms with van der Waals surface area (Å²) in [6.45, 7) is 2.10. The SMILES string of the molecule is COCCN1c2cccc(OC(F)F)c2CN1CC1CCNCC1. The fourth-order valence-electron chi connectivity index (χ4n) is 3.55. The second-order valence-electron chi connectivity index (χ2n) is 6.29. The van der Waals surface area contributed by atoms with Gasteiger partial charge in [0.25, 0.3) is 0 Å². The highest BCUT2D eigenvalue weighted by Gasteiger charge is 2.32. The first-order chi connectivity index (χ1) is 11.7. The molecule has 1 fully saturated rings. The van der Waals surface area contributed by atoms with Gasteiger partial charge in [-0.2, -0.15) is 8.78 Å². The summed E-state index contributed by atoms with van der Waals surface area (Å²) >= 11 is 0. The van der Waals surface area contributed by atoms with Crippen molar-refractivity contribution in [3.05, 3.63) is 23.8 Å². The summed E-state index contributed by atoms with van der Waals surface area (Å²) in [4.78, 5) is 0. The van der Waals surface area contributed by atoms with Crippen molar-refractivity contribution in [1.82, 2.24) is 10.3 Å². The molecule has 1 aromatic carbocycles. The molecule has 0 radical (unpaired) electrons. The molecule has 3 rings (SSSR count). The van der Waals surface area contributed by atoms with Crippen LogP contribution >= 0.6 is 0 Å². The highest BCUT2D eigenvalue weighted by molar-refractivity contribution is 5.61. The number of nitrogens with zero attached hydrogens (tertiary/aromatic N) is 2. The van der Waals surface area contributed by atoms with Gasteiger partial charge in [0.1, 0.15) is 5.75 Å². The Morgan fingerprint density at radius 1 is 1.29 bits per heavy atom. The number of alkyl halides is 2. The van der Waals surface area contributed by atoms with Gasteiger partial charge in [-0.3, -0.25) is 0 Å². The fraction of sp³-hybridized carbons (Fsp3) is 0.647. The third-order valence-corrected chi connectivity index (χ3v) is 4.72. The van der Waals surface area contributed by atoms with Crippen LogP contribution in [0.25, 0.3) is 0 Å². The number of rotatable bonds is 7. The minimum absolute atomic E-state index is 0.276. The van der Waals surface area contributed by atoms with Crippen molar-refractivity contribution in [2.45, 2.75) is 26.0 Å². The van der Waals surface area contributed by atoms with Gasteiger partial charge in [0, 0.05) is 25.8 Å². The summed E-state index contributed by atoms with van der Waals surface area (Å²) in [5.74, 6) is 0.891. The monoisotopic (exact) mass is 341 g/mol. The third kappa shape index (κ3) is 3.96. The van der Waals surface area contributed by atoms with Crippen LogP contribution in [-0.2, 0) is 11.3 Å². The number of halogens is 2. The summed E-state index contributed by atoms with van der Waals surface area (Å²) in [7, 11) is 1.67. The van der Waals surface area contributed by atoms with Crippen LogP contribution in [0.4, 0.5) is 14.5 Å². The van der Waals surface area contributed by atoms with E-state index in [1.807, 2.05) is 6.07 Å². The number of piperidine rings is 1. The van der Waals surface area contributed by atoms with E-state index in [0.717, 1.165) is 43.7 Å². The predicted octanol–water partition coefficient (Wildman–Crippen LogP) is 2.47. The van der Waals surface area contributed by atoms with E-state index in [9.17, 15) is 8.78 Å². The van der Waals surface area contributed by atoms with E-state index in [0.29, 0.717) is 25.6 Å². The maximum atomic E-state index is 12.7. The van der Waals surface area contributed by atoms with Crippen molar-refractivity contribution in [3.8, 4) is 5.75 Å². The van der Waals surface area contributed by atoms with Crippen molar-refractivity contribution in [3.63, 3.8) is 0 Å². The molecule has 0 unspecified atom stereocenters. The van der Waals surface area contributed by atoms with E-state index >= 15 is 0 Å². The highest BCUT2D eigenvalue weighted by Crippen LogP contribution is 2.38. The average molecular weight is 341 g/mol. The lowest BCUT2D eigenvalue weighted by atomic mass is 9.98. The Hall–Kier alpha value is -1.44. The largest absolute Gasteiger partial charge is 0.434 e. The zero-order valence-electron chi connectivity index (χ0n) is 14.0. The molecule has 1 N–H and O–H groups in total. The molecule has 5 nitrogen and oxygen atoms in total. The van der Waals surface area contributed by atoms with Crippen LogP contribution in [-0.4, -0.2) is 51.5 Å². The molecule has 2 aliphatic rings. The Kier molecular flexibility index (Phi) is 5.86. The van der Waals surface area contributed by atoms with Gasteiger partial charge in [-0.1, -0.05) is 6.07 Å². The standard InChI is InChI=1S/C17H25F2N3O2/c1-23-10-9-22-15-3-2-4-16(24-17(18)19)14(15)12-21(22)11-13-5-7-20-8-6-13/h2-4,13,17,20H,5-12H2,1H3. The second kappa shape index (κ2) is 8.09. The Labute approximate surface area is 141 Å². The van der Waals surface area contributed by atoms with Crippen LogP contribution in [0.5, 0.6) is 5.75 Å². The van der Waals surface area contributed by atoms with Crippen LogP contribution < -0.4 is 15.1 Å². The highest BCUT2D eigenvalue weighted by atomic mass is 19.3. The Morgan fingerprint density at radius 3 is 2.79 bits per heavy atom. The van der Waals surface area contributed by atoms with Crippen molar-refractivity contribution < 1.29 is 18.3 Å². The fourth-order valence-corrected chi connectivity index (χ4v) is 3.55. The number of hydrogen-bond acceptors (Lipinski definition) is 5. The molecule has 2 aliphatic heterocycles. The maximum Gasteiger partial charge on any atom is 0.387 e. The van der Waals surface area contributed by atoms with Crippen molar-refractivity contribution in [1.29, 1.82) is 0 Å². The maximum absolute atomic E-state index is 12.7. The van der Waals surface area contributed by atoms with Gasteiger partial charge in [0.2, 0.25) is 0 Å². The van der Waals surface area contributed by atoms with Crippen LogP contribution in [0.15, 0.2) is 18.2 Å². The van der Waals surface area contributed by atoms with E-state index in [1.54, 1.807) is 19.2 Å². The van der Waals surface area contributed by atoms with Gasteiger partial charge in [0.05, 0.1) is 18.8 Å². The van der Waals surface area contributed by atoms with Crippen LogP contribution in [0, 0.1) is 5.92 Å². The normalized spacial score (nSPS) is 19.1. The molecule has 1 saturated heterocycles. The summed E-state index contributed by atoms with van der Waals surface area (Å²) in [6.07, 6.45) is 2.29. The van der Waals surface area contributed by atoms with E-state index < -0.39 is 6.61 Å². The Balaban J connectivity index is 1.78. The molecule has 134 valence electrons. The number of ether oxygens (including phenoxy) is 2. The first-order valence-corrected chi connectivity index (χ1v) is 8.47. The number of hydrazine groups is 1. The first kappa shape index (κ1) is 17.4. The molecular weight excluding hydrogens is 316 g/mol. The van der Waals surface area contributed by atoms with E-state index in [2.05, 4.69) is 15.3 Å². The molecular formula is C17H25F2N3O2. The second-order valence-corrected chi connectivity index (χ2v) is 6.29. The van der Waals surface area contributed by atoms with Gasteiger partial charge in [-0.25, -0.2) is 5.01 Å². The quantitative estimate of drug-likeness (QED) is 0.825. The number of hydrogen-bond donors (Lipinski definition) is 1. The molecule has 0 amide bonds. The third-order valence-electron chi connectivity index (χ3n) is 4.72. The molecule has 0 aromatic heterocycles. The minimum atomic E-state index is -2.80. The Morgan fingerprint density at radius 2 is 2.08 bits per heavy atom. The van der Waals surface area contributed by atoms with Crippen molar-refractivity contribution >= 4 is 5.69 Å². The molecule has 0 spiro atoms. The first-order valence-electron chi connectivity index (χ1n) is 8.47. The Bertz CT molecular complexity index is 539. The zero-order valence-corrected chi connectivity index (χ0v) is 14.0. The van der Waals surface area contributed by atoms with Crippen LogP contribution in [0.1, 0.15) is 18.4 Å². The average Bonchev–Trinajstić information content (AvgIpc) is 2.92. The van der Waals surface area contributed by atoms with E-state index in [-0.39, 0.29) is 5.75 Å². The van der Waals surface area contributed by atoms with E-state index in [1.165, 1.54) is 0 Å². The van der Waals surface area contributed by atoms with Gasteiger partial charge < -0.3 is 19.8 Å². The summed E-state index contributed by atoms with van der Waals surface area (Å²) in [6, 6.07) is 5.35. The summed E-state index contributed by atoms with van der Waals surface area (Å²) < 4.78 is 35.3. The molecule has 0 aliphatic carbocycles. The topological polar surface area (TPSA) is 37.0 Å². The smallest absolute Gasteiger partial charge is 0.387 e. The lowest BCUT2D eigenvalue weighted by Crippen LogP contribution is -2.44. The summed E-state index contributed by atoms with van der Waals surface area (Å²) in [5, 5.41) is 7.78. The predicted molar refractivity (Wildman–Crippen MR) is 88.3 cm³/mol. The van der Waals surface area contributed by atoms with Gasteiger partial charge in [0.15, 0.2) is 0 Å². The molecule has 7 heteroatoms. The zero-order chi connectivity index (χ0) is 16.9. The molecule has 0 saturated carbocycles. The van der Waals surface area contributed by atoms with Gasteiger partial charge in [-0.05, 0) is 44.0 Å². The lowest BCUT2D eigenvalue weighted by molar-refractivity contribution is -0.0505. The molecule has 2 heterocycles. The molecule has 24 heavy (non-hydrogen) atoms. The molecule has 0 bridgehead atoms. The van der Waals surface area contributed by atoms with Crippen LogP contribution in [0.3, 0.4) is 0 Å². The summed E-state index contributed by atoms with van der Waals surface area (Å²) in [5.41, 5.74) is 1.78. The van der Waals surface area contributed by atoms with E-state index in [4.69, 9.17) is 9.47 Å². The number of anilines is 1. The number of benzene rings is 1. The van der Waals surface area contributed by atoms with Crippen molar-refractivity contribution in [2.24, 2.45) is 5.92 Å². The van der Waals surface area contributed by atoms with Crippen LogP contribution in [0.2, 0.25) is 0 Å². The molecule has 1 aromatic rings. The van der Waals surface area contributed by atoms with Gasteiger partial charge >= 0.3 is 6.61 Å². The number of fused-ring (bicyclic) bond motifs is 1. The number of methoxy groups -OCH3 is 1. The minimum Gasteiger partial charge on any atom is -0.434 e. The van der Waals surface area contributed by atoms with Gasteiger partial charge in [-0.15, -0.1) is 0 Å².